The number of aldehydes is 1. The summed E-state index contributed by atoms with van der Waals surface area (Å²) in [6, 6.07) is 7.45. The number of hydrogen-bond acceptors (Lipinski definition) is 1. The lowest BCUT2D eigenvalue weighted by molar-refractivity contribution is 0.112. The van der Waals surface area contributed by atoms with Crippen LogP contribution in [-0.2, 0) is 0 Å². The van der Waals surface area contributed by atoms with Crippen molar-refractivity contribution in [2.45, 2.75) is 0 Å². The highest BCUT2D eigenvalue weighted by Gasteiger charge is 1.87. The maximum absolute atomic E-state index is 10.2. The Hall–Kier alpha value is -0.380. The van der Waals surface area contributed by atoms with Crippen LogP contribution in [0.4, 0.5) is 0 Å². The fourth-order valence-corrected chi connectivity index (χ4v) is 1.15. The van der Waals surface area contributed by atoms with Gasteiger partial charge in [0, 0.05) is 9.13 Å². The first-order chi connectivity index (χ1) is 4.33. The van der Waals surface area contributed by atoms with Crippen LogP contribution in [0.5, 0.6) is 0 Å². The van der Waals surface area contributed by atoms with Crippen molar-refractivity contribution < 1.29 is 4.79 Å². The second-order valence-corrected chi connectivity index (χ2v) is 2.92. The largest absolute Gasteiger partial charge is 0.298 e. The molecule has 0 atom stereocenters. The van der Waals surface area contributed by atoms with Crippen molar-refractivity contribution in [3.8, 4) is 0 Å². The summed E-state index contributed by atoms with van der Waals surface area (Å²) in [5.74, 6) is 0. The normalized spacial score (nSPS) is 9.00. The van der Waals surface area contributed by atoms with E-state index < -0.39 is 0 Å². The van der Waals surface area contributed by atoms with Crippen LogP contribution in [0.1, 0.15) is 10.4 Å². The average Bonchev–Trinajstić information content (AvgIpc) is 1.88. The van der Waals surface area contributed by atoms with Crippen LogP contribution in [0.25, 0.3) is 0 Å². The van der Waals surface area contributed by atoms with Crippen molar-refractivity contribution >= 4 is 28.9 Å². The van der Waals surface area contributed by atoms with E-state index in [9.17, 15) is 4.79 Å². The van der Waals surface area contributed by atoms with Crippen molar-refractivity contribution in [2.75, 3.05) is 0 Å². The molecule has 0 heterocycles. The zero-order valence-corrected chi connectivity index (χ0v) is 6.83. The number of carbonyl (C=O) groups excluding carboxylic acids is 1. The molecular weight excluding hydrogens is 225 g/mol. The average molecular weight is 230 g/mol. The molecule has 0 amide bonds. The summed E-state index contributed by atoms with van der Waals surface area (Å²) in [5.41, 5.74) is 0.738. The summed E-state index contributed by atoms with van der Waals surface area (Å²) in [7, 11) is 0. The third-order valence-corrected chi connectivity index (χ3v) is 1.66. The minimum Gasteiger partial charge on any atom is -0.298 e. The summed E-state index contributed by atoms with van der Waals surface area (Å²) in [5, 5.41) is 0. The molecule has 0 unspecified atom stereocenters. The van der Waals surface area contributed by atoms with Crippen molar-refractivity contribution in [3.05, 3.63) is 33.4 Å². The van der Waals surface area contributed by atoms with E-state index in [-0.39, 0.29) is 0 Å². The number of benzene rings is 1. The molecule has 0 aliphatic rings. The molecule has 0 aromatic heterocycles. The van der Waals surface area contributed by atoms with Gasteiger partial charge in [0.15, 0.2) is 0 Å². The lowest BCUT2D eigenvalue weighted by Gasteiger charge is -1.88. The molecule has 2 heteroatoms. The number of hydrogen-bond donors (Lipinski definition) is 0. The molecule has 1 nitrogen and oxygen atoms in total. The van der Waals surface area contributed by atoms with Crippen LogP contribution < -0.4 is 0 Å². The van der Waals surface area contributed by atoms with Crippen molar-refractivity contribution in [1.29, 1.82) is 0 Å². The third kappa shape index (κ3) is 1.78. The van der Waals surface area contributed by atoms with E-state index in [0.29, 0.717) is 0 Å². The first-order valence-corrected chi connectivity index (χ1v) is 3.61. The van der Waals surface area contributed by atoms with E-state index in [4.69, 9.17) is 0 Å². The predicted octanol–water partition coefficient (Wildman–Crippen LogP) is 2.10. The van der Waals surface area contributed by atoms with E-state index in [2.05, 4.69) is 22.6 Å². The SMILES string of the molecule is O=Cc1cccc([125I])c1. The molecule has 46 valence electrons. The second kappa shape index (κ2) is 2.96. The van der Waals surface area contributed by atoms with Gasteiger partial charge >= 0.3 is 0 Å². The zero-order valence-electron chi connectivity index (χ0n) is 4.67. The topological polar surface area (TPSA) is 17.1 Å². The van der Waals surface area contributed by atoms with E-state index >= 15 is 0 Å². The van der Waals surface area contributed by atoms with Crippen LogP contribution in [0.2, 0.25) is 0 Å². The van der Waals surface area contributed by atoms with Gasteiger partial charge in [0.05, 0.1) is 0 Å². The van der Waals surface area contributed by atoms with Gasteiger partial charge in [-0.3, -0.25) is 4.79 Å². The molecule has 0 saturated carbocycles. The van der Waals surface area contributed by atoms with E-state index in [1.54, 1.807) is 6.07 Å². The van der Waals surface area contributed by atoms with E-state index in [0.717, 1.165) is 15.4 Å². The predicted molar refractivity (Wildman–Crippen MR) is 44.5 cm³/mol. The van der Waals surface area contributed by atoms with Gasteiger partial charge < -0.3 is 0 Å². The minimum atomic E-state index is 0.738. The minimum absolute atomic E-state index is 0.738. The standard InChI is InChI=1S/C7H5IO/c8-7-3-1-2-6(4-7)5-9/h1-5H/i8-2. The van der Waals surface area contributed by atoms with Crippen LogP contribution in [-0.4, -0.2) is 6.29 Å². The molecule has 0 radical (unpaired) electrons. The van der Waals surface area contributed by atoms with Gasteiger partial charge in [0.25, 0.3) is 0 Å². The highest BCUT2D eigenvalue weighted by atomic mass is 125. The molecule has 0 aliphatic carbocycles. The van der Waals surface area contributed by atoms with Crippen LogP contribution in [0.15, 0.2) is 24.3 Å². The van der Waals surface area contributed by atoms with Gasteiger partial charge in [0.1, 0.15) is 6.29 Å². The molecule has 1 aromatic carbocycles. The maximum atomic E-state index is 10.2. The fourth-order valence-electron chi connectivity index (χ4n) is 0.580. The van der Waals surface area contributed by atoms with Gasteiger partial charge in [-0.2, -0.15) is 0 Å². The first kappa shape index (κ1) is 6.74. The van der Waals surface area contributed by atoms with E-state index in [1.807, 2.05) is 18.2 Å². The summed E-state index contributed by atoms with van der Waals surface area (Å²) >= 11 is 2.17. The van der Waals surface area contributed by atoms with Gasteiger partial charge in [-0.15, -0.1) is 0 Å². The van der Waals surface area contributed by atoms with Crippen LogP contribution in [0.3, 0.4) is 0 Å². The van der Waals surface area contributed by atoms with Crippen LogP contribution >= 0.6 is 22.6 Å². The molecule has 1 aromatic rings. The summed E-state index contributed by atoms with van der Waals surface area (Å²) < 4.78 is 1.09. The van der Waals surface area contributed by atoms with Crippen molar-refractivity contribution in [1.82, 2.24) is 0 Å². The molecule has 0 saturated heterocycles. The van der Waals surface area contributed by atoms with Gasteiger partial charge in [-0.25, -0.2) is 0 Å². The van der Waals surface area contributed by atoms with Crippen molar-refractivity contribution in [2.24, 2.45) is 0 Å². The molecule has 0 aliphatic heterocycles. The molecule has 0 bridgehead atoms. The first-order valence-electron chi connectivity index (χ1n) is 2.53. The Labute approximate surface area is 67.2 Å². The van der Waals surface area contributed by atoms with E-state index in [1.165, 1.54) is 0 Å². The third-order valence-electron chi connectivity index (χ3n) is 0.985. The Morgan fingerprint density at radius 1 is 1.44 bits per heavy atom. The second-order valence-electron chi connectivity index (χ2n) is 1.67. The highest BCUT2D eigenvalue weighted by molar-refractivity contribution is 14.1. The number of halogens is 1. The molecule has 9 heavy (non-hydrogen) atoms. The Kier molecular flexibility index (Phi) is 2.22. The lowest BCUT2D eigenvalue weighted by atomic mass is 10.2. The molecule has 1 rings (SSSR count). The maximum Gasteiger partial charge on any atom is 0.150 e. The monoisotopic (exact) mass is 230 g/mol. The smallest absolute Gasteiger partial charge is 0.150 e. The Morgan fingerprint density at radius 2 is 2.22 bits per heavy atom. The number of rotatable bonds is 1. The Balaban J connectivity index is 3.07. The Bertz CT molecular complexity index is 220. The fraction of sp³-hybridized carbons (Fsp3) is 0. The summed E-state index contributed by atoms with van der Waals surface area (Å²) in [6.45, 7) is 0. The molecule has 0 spiro atoms. The quantitative estimate of drug-likeness (QED) is 0.533. The van der Waals surface area contributed by atoms with Gasteiger partial charge in [0.2, 0.25) is 0 Å². The zero-order chi connectivity index (χ0) is 6.69. The van der Waals surface area contributed by atoms with Gasteiger partial charge in [-0.05, 0) is 34.7 Å². The van der Waals surface area contributed by atoms with Crippen molar-refractivity contribution in [3.63, 3.8) is 0 Å². The Morgan fingerprint density at radius 3 is 2.67 bits per heavy atom. The molecular formula is C7H5IO. The lowest BCUT2D eigenvalue weighted by Crippen LogP contribution is -1.77. The van der Waals surface area contributed by atoms with Gasteiger partial charge in [-0.1, -0.05) is 12.1 Å². The number of carbonyl (C=O) groups is 1. The summed E-state index contributed by atoms with van der Waals surface area (Å²) in [6.07, 6.45) is 0.849. The highest BCUT2D eigenvalue weighted by Crippen LogP contribution is 2.04. The van der Waals surface area contributed by atoms with Crippen LogP contribution in [0, 0.1) is 3.57 Å². The molecule has 0 N–H and O–H groups in total. The molecule has 0 fully saturated rings. The summed E-state index contributed by atoms with van der Waals surface area (Å²) in [4.78, 5) is 10.2.